The van der Waals surface area contributed by atoms with Crippen LogP contribution in [0, 0.1) is 11.7 Å². The average molecular weight is 485 g/mol. The van der Waals surface area contributed by atoms with E-state index in [4.69, 9.17) is 17.3 Å². The number of carbonyl (C=O) groups excluding carboxylic acids is 3. The van der Waals surface area contributed by atoms with Gasteiger partial charge in [0.25, 0.3) is 5.91 Å². The van der Waals surface area contributed by atoms with E-state index >= 15 is 0 Å². The quantitative estimate of drug-likeness (QED) is 0.555. The second-order valence-electron chi connectivity index (χ2n) is 8.75. The van der Waals surface area contributed by atoms with Crippen LogP contribution in [-0.2, 0) is 16.1 Å². The van der Waals surface area contributed by atoms with E-state index in [1.165, 1.54) is 23.1 Å². The van der Waals surface area contributed by atoms with Crippen LogP contribution in [0.5, 0.6) is 0 Å². The van der Waals surface area contributed by atoms with Gasteiger partial charge in [0, 0.05) is 23.2 Å². The molecular formula is C23H22ClFN6O3. The van der Waals surface area contributed by atoms with Crippen LogP contribution in [0.1, 0.15) is 41.9 Å². The summed E-state index contributed by atoms with van der Waals surface area (Å²) in [5.41, 5.74) is 6.27. The SMILES string of the molecule is C[C@H](NC(=O)[C@@H]1C[C@H]2C[C@H]2N1C(=O)Cn1nc(C(N)=O)c2ccncc21)c1cccc(Cl)c1F. The number of fused-ring (bicyclic) bond motifs is 2. The predicted octanol–water partition coefficient (Wildman–Crippen LogP) is 2.19. The number of piperidine rings is 1. The number of benzene rings is 1. The number of nitrogens with two attached hydrogens (primary N) is 1. The topological polar surface area (TPSA) is 123 Å². The van der Waals surface area contributed by atoms with E-state index in [1.54, 1.807) is 30.0 Å². The molecule has 11 heteroatoms. The summed E-state index contributed by atoms with van der Waals surface area (Å²) >= 11 is 5.87. The zero-order valence-electron chi connectivity index (χ0n) is 18.2. The Morgan fingerprint density at radius 2 is 2.09 bits per heavy atom. The highest BCUT2D eigenvalue weighted by Crippen LogP contribution is 2.48. The monoisotopic (exact) mass is 484 g/mol. The van der Waals surface area contributed by atoms with Crippen molar-refractivity contribution in [2.45, 2.75) is 44.4 Å². The number of amides is 3. The van der Waals surface area contributed by atoms with Crippen molar-refractivity contribution < 1.29 is 18.8 Å². The van der Waals surface area contributed by atoms with E-state index in [2.05, 4.69) is 15.4 Å². The Balaban J connectivity index is 1.35. The van der Waals surface area contributed by atoms with Crippen molar-refractivity contribution in [2.75, 3.05) is 0 Å². The maximum absolute atomic E-state index is 14.4. The van der Waals surface area contributed by atoms with Crippen molar-refractivity contribution in [3.63, 3.8) is 0 Å². The van der Waals surface area contributed by atoms with Gasteiger partial charge in [-0.3, -0.25) is 24.0 Å². The van der Waals surface area contributed by atoms with Gasteiger partial charge in [-0.1, -0.05) is 23.7 Å². The standard InChI is InChI=1S/C23H22ClFN6O3/c1-11(13-3-2-4-15(24)20(13)25)28-23(34)17-8-12-7-16(12)31(17)19(32)10-30-18-9-27-6-5-14(18)21(29-30)22(26)33/h2-6,9,11-12,16-17H,7-8,10H2,1H3,(H2,26,33)(H,28,34)/t11-,12+,16+,17-/m0/s1. The Morgan fingerprint density at radius 1 is 1.29 bits per heavy atom. The molecule has 0 spiro atoms. The van der Waals surface area contributed by atoms with Gasteiger partial charge in [-0.05, 0) is 37.8 Å². The molecule has 1 saturated heterocycles. The lowest BCUT2D eigenvalue weighted by atomic mass is 10.1. The van der Waals surface area contributed by atoms with Crippen molar-refractivity contribution in [1.82, 2.24) is 25.0 Å². The molecule has 176 valence electrons. The summed E-state index contributed by atoms with van der Waals surface area (Å²) in [6.45, 7) is 1.50. The molecule has 2 aromatic heterocycles. The second kappa shape index (κ2) is 8.35. The van der Waals surface area contributed by atoms with E-state index in [0.717, 1.165) is 6.42 Å². The number of primary amides is 1. The van der Waals surface area contributed by atoms with E-state index in [-0.39, 0.29) is 46.6 Å². The van der Waals surface area contributed by atoms with Crippen LogP contribution in [0.3, 0.4) is 0 Å². The van der Waals surface area contributed by atoms with Crippen LogP contribution in [0.4, 0.5) is 4.39 Å². The number of nitrogens with one attached hydrogen (secondary N) is 1. The van der Waals surface area contributed by atoms with E-state index in [0.29, 0.717) is 17.3 Å². The van der Waals surface area contributed by atoms with Gasteiger partial charge < -0.3 is 16.0 Å². The largest absolute Gasteiger partial charge is 0.364 e. The summed E-state index contributed by atoms with van der Waals surface area (Å²) < 4.78 is 15.8. The van der Waals surface area contributed by atoms with Gasteiger partial charge in [0.2, 0.25) is 11.8 Å². The van der Waals surface area contributed by atoms with Gasteiger partial charge in [0.15, 0.2) is 5.69 Å². The van der Waals surface area contributed by atoms with Crippen molar-refractivity contribution in [3.8, 4) is 0 Å². The molecule has 3 heterocycles. The van der Waals surface area contributed by atoms with Crippen molar-refractivity contribution in [2.24, 2.45) is 11.7 Å². The lowest BCUT2D eigenvalue weighted by molar-refractivity contribution is -0.140. The summed E-state index contributed by atoms with van der Waals surface area (Å²) in [6, 6.07) is 4.93. The minimum Gasteiger partial charge on any atom is -0.364 e. The number of carbonyl (C=O) groups is 3. The molecule has 2 aliphatic rings. The molecule has 1 aromatic carbocycles. The highest BCUT2D eigenvalue weighted by molar-refractivity contribution is 6.30. The molecule has 3 amide bonds. The van der Waals surface area contributed by atoms with Crippen LogP contribution in [0.2, 0.25) is 5.02 Å². The van der Waals surface area contributed by atoms with Crippen LogP contribution in [0.15, 0.2) is 36.7 Å². The third kappa shape index (κ3) is 3.77. The highest BCUT2D eigenvalue weighted by atomic mass is 35.5. The maximum Gasteiger partial charge on any atom is 0.269 e. The van der Waals surface area contributed by atoms with Gasteiger partial charge in [0.05, 0.1) is 22.8 Å². The summed E-state index contributed by atoms with van der Waals surface area (Å²) in [4.78, 5) is 43.8. The van der Waals surface area contributed by atoms with Gasteiger partial charge >= 0.3 is 0 Å². The Morgan fingerprint density at radius 3 is 2.85 bits per heavy atom. The molecule has 0 bridgehead atoms. The lowest BCUT2D eigenvalue weighted by Gasteiger charge is -2.28. The second-order valence-corrected chi connectivity index (χ2v) is 9.16. The molecule has 0 radical (unpaired) electrons. The number of likely N-dealkylation sites (tertiary alicyclic amines) is 1. The Labute approximate surface area is 199 Å². The molecule has 1 aliphatic carbocycles. The number of hydrogen-bond acceptors (Lipinski definition) is 5. The third-order valence-corrected chi connectivity index (χ3v) is 6.87. The molecule has 5 rings (SSSR count). The van der Waals surface area contributed by atoms with Crippen LogP contribution in [0.25, 0.3) is 10.9 Å². The Kier molecular flexibility index (Phi) is 5.47. The average Bonchev–Trinajstić information content (AvgIpc) is 3.30. The van der Waals surface area contributed by atoms with Crippen molar-refractivity contribution in [3.05, 3.63) is 58.8 Å². The van der Waals surface area contributed by atoms with Gasteiger partial charge in [-0.25, -0.2) is 4.39 Å². The fraction of sp³-hybridized carbons (Fsp3) is 0.348. The first kappa shape index (κ1) is 22.3. The number of nitrogens with zero attached hydrogens (tertiary/aromatic N) is 4. The molecule has 4 atom stereocenters. The first-order valence-electron chi connectivity index (χ1n) is 10.9. The molecule has 1 aliphatic heterocycles. The normalized spacial score (nSPS) is 21.9. The number of aromatic nitrogens is 3. The summed E-state index contributed by atoms with van der Waals surface area (Å²) in [5.74, 6) is -1.67. The minimum atomic E-state index is -0.703. The number of hydrogen-bond donors (Lipinski definition) is 2. The molecule has 0 unspecified atom stereocenters. The van der Waals surface area contributed by atoms with Gasteiger partial charge in [-0.15, -0.1) is 0 Å². The summed E-state index contributed by atoms with van der Waals surface area (Å²) in [6.07, 6.45) is 4.41. The Bertz CT molecular complexity index is 1330. The van der Waals surface area contributed by atoms with Crippen LogP contribution < -0.4 is 11.1 Å². The number of rotatable bonds is 6. The first-order valence-corrected chi connectivity index (χ1v) is 11.3. The molecule has 1 saturated carbocycles. The summed E-state index contributed by atoms with van der Waals surface area (Å²) in [7, 11) is 0. The number of pyridine rings is 1. The first-order chi connectivity index (χ1) is 16.3. The molecule has 3 N–H and O–H groups in total. The molecule has 9 nitrogen and oxygen atoms in total. The van der Waals surface area contributed by atoms with Crippen molar-refractivity contribution in [1.29, 1.82) is 0 Å². The van der Waals surface area contributed by atoms with Crippen LogP contribution >= 0.6 is 11.6 Å². The predicted molar refractivity (Wildman–Crippen MR) is 121 cm³/mol. The lowest BCUT2D eigenvalue weighted by Crippen LogP contribution is -2.49. The van der Waals surface area contributed by atoms with Gasteiger partial charge in [-0.2, -0.15) is 5.10 Å². The fourth-order valence-corrected chi connectivity index (χ4v) is 5.01. The summed E-state index contributed by atoms with van der Waals surface area (Å²) in [5, 5.41) is 7.52. The fourth-order valence-electron chi connectivity index (χ4n) is 4.82. The van der Waals surface area contributed by atoms with Crippen molar-refractivity contribution >= 4 is 40.2 Å². The minimum absolute atomic E-state index is 0.0166. The highest BCUT2D eigenvalue weighted by Gasteiger charge is 2.56. The van der Waals surface area contributed by atoms with Gasteiger partial charge in [0.1, 0.15) is 18.4 Å². The molecular weight excluding hydrogens is 463 g/mol. The van der Waals surface area contributed by atoms with E-state index in [9.17, 15) is 18.8 Å². The number of halogens is 2. The van der Waals surface area contributed by atoms with E-state index in [1.807, 2.05) is 0 Å². The zero-order chi connectivity index (χ0) is 24.1. The third-order valence-electron chi connectivity index (χ3n) is 6.57. The zero-order valence-corrected chi connectivity index (χ0v) is 19.0. The smallest absolute Gasteiger partial charge is 0.269 e. The van der Waals surface area contributed by atoms with Crippen LogP contribution in [-0.4, -0.2) is 49.5 Å². The molecule has 3 aromatic rings. The maximum atomic E-state index is 14.4. The Hall–Kier alpha value is -3.53. The molecule has 2 fully saturated rings. The van der Waals surface area contributed by atoms with E-state index < -0.39 is 23.8 Å². The molecule has 34 heavy (non-hydrogen) atoms.